The Labute approximate surface area is 141 Å². The molecule has 0 aliphatic carbocycles. The van der Waals surface area contributed by atoms with Crippen molar-refractivity contribution in [3.8, 4) is 16.6 Å². The lowest BCUT2D eigenvalue weighted by atomic mass is 9.88. The predicted octanol–water partition coefficient (Wildman–Crippen LogP) is 2.87. The number of carbonyl (C=O) groups excluding carboxylic acids is 1. The van der Waals surface area contributed by atoms with Gasteiger partial charge in [-0.2, -0.15) is 9.36 Å². The van der Waals surface area contributed by atoms with Crippen LogP contribution >= 0.6 is 11.5 Å². The van der Waals surface area contributed by atoms with Gasteiger partial charge >= 0.3 is 0 Å². The third-order valence-corrected chi connectivity index (χ3v) is 4.68. The maximum atomic E-state index is 11.9. The van der Waals surface area contributed by atoms with Crippen LogP contribution in [-0.4, -0.2) is 27.5 Å². The van der Waals surface area contributed by atoms with E-state index >= 15 is 0 Å². The van der Waals surface area contributed by atoms with Crippen molar-refractivity contribution in [1.82, 2.24) is 14.5 Å². The molecule has 0 saturated carbocycles. The fourth-order valence-electron chi connectivity index (χ4n) is 2.79. The Kier molecular flexibility index (Phi) is 3.73. The number of rotatable bonds is 4. The standard InChI is InChI=1S/C16H14N4O3S/c1-22-15-8-12(24-20-15)16-18-14(23-19-16)7-9-6-13(21)17-11-5-3-2-4-10(9)11/h2-5,8-9H,6-7H2,1H3,(H,17,21). The molecule has 1 amide bonds. The quantitative estimate of drug-likeness (QED) is 0.784. The lowest BCUT2D eigenvalue weighted by Gasteiger charge is -2.24. The van der Waals surface area contributed by atoms with E-state index in [2.05, 4.69) is 19.8 Å². The molecule has 1 aliphatic rings. The molecule has 122 valence electrons. The molecule has 0 saturated heterocycles. The fourth-order valence-corrected chi connectivity index (χ4v) is 3.43. The van der Waals surface area contributed by atoms with Crippen LogP contribution < -0.4 is 10.1 Å². The van der Waals surface area contributed by atoms with Gasteiger partial charge < -0.3 is 14.6 Å². The summed E-state index contributed by atoms with van der Waals surface area (Å²) in [4.78, 5) is 17.1. The first-order valence-corrected chi connectivity index (χ1v) is 8.22. The number of carbonyl (C=O) groups is 1. The fraction of sp³-hybridized carbons (Fsp3) is 0.250. The minimum absolute atomic E-state index is 0.00521. The van der Waals surface area contributed by atoms with E-state index in [0.29, 0.717) is 30.4 Å². The third kappa shape index (κ3) is 2.76. The summed E-state index contributed by atoms with van der Waals surface area (Å²) in [6, 6.07) is 9.56. The number of para-hydroxylation sites is 1. The number of ether oxygens (including phenoxy) is 1. The van der Waals surface area contributed by atoms with Gasteiger partial charge in [0.1, 0.15) is 0 Å². The van der Waals surface area contributed by atoms with Gasteiger partial charge in [0, 0.05) is 30.5 Å². The molecule has 1 aromatic carbocycles. The molecule has 0 bridgehead atoms. The summed E-state index contributed by atoms with van der Waals surface area (Å²) in [5.41, 5.74) is 1.95. The Morgan fingerprint density at radius 1 is 1.42 bits per heavy atom. The van der Waals surface area contributed by atoms with E-state index in [-0.39, 0.29) is 11.8 Å². The summed E-state index contributed by atoms with van der Waals surface area (Å²) in [6.07, 6.45) is 0.927. The lowest BCUT2D eigenvalue weighted by Crippen LogP contribution is -2.23. The average Bonchev–Trinajstić information content (AvgIpc) is 3.23. The zero-order valence-corrected chi connectivity index (χ0v) is 13.7. The zero-order valence-electron chi connectivity index (χ0n) is 12.9. The van der Waals surface area contributed by atoms with Gasteiger partial charge in [0.25, 0.3) is 0 Å². The molecule has 1 atom stereocenters. The van der Waals surface area contributed by atoms with Crippen molar-refractivity contribution in [3.05, 3.63) is 41.8 Å². The van der Waals surface area contributed by atoms with Crippen molar-refractivity contribution in [1.29, 1.82) is 0 Å². The average molecular weight is 342 g/mol. The van der Waals surface area contributed by atoms with E-state index in [0.717, 1.165) is 16.1 Å². The Hall–Kier alpha value is -2.74. The maximum Gasteiger partial charge on any atom is 0.227 e. The monoisotopic (exact) mass is 342 g/mol. The minimum atomic E-state index is 0.00521. The van der Waals surface area contributed by atoms with Crippen LogP contribution in [0.5, 0.6) is 5.88 Å². The van der Waals surface area contributed by atoms with Gasteiger partial charge in [0.05, 0.1) is 12.0 Å². The molecule has 3 heterocycles. The number of benzene rings is 1. The second-order valence-electron chi connectivity index (χ2n) is 5.49. The van der Waals surface area contributed by atoms with E-state index in [1.54, 1.807) is 13.2 Å². The molecule has 7 nitrogen and oxygen atoms in total. The van der Waals surface area contributed by atoms with E-state index in [1.165, 1.54) is 11.5 Å². The highest BCUT2D eigenvalue weighted by Crippen LogP contribution is 2.34. The van der Waals surface area contributed by atoms with Gasteiger partial charge in [-0.05, 0) is 23.2 Å². The molecular formula is C16H14N4O3S. The van der Waals surface area contributed by atoms with Gasteiger partial charge in [-0.3, -0.25) is 4.79 Å². The van der Waals surface area contributed by atoms with Crippen LogP contribution in [0.25, 0.3) is 10.7 Å². The molecule has 1 N–H and O–H groups in total. The Balaban J connectivity index is 1.57. The smallest absolute Gasteiger partial charge is 0.227 e. The highest BCUT2D eigenvalue weighted by atomic mass is 32.1. The zero-order chi connectivity index (χ0) is 16.5. The highest BCUT2D eigenvalue weighted by Gasteiger charge is 2.27. The van der Waals surface area contributed by atoms with Crippen LogP contribution in [0.2, 0.25) is 0 Å². The Bertz CT molecular complexity index is 889. The lowest BCUT2D eigenvalue weighted by molar-refractivity contribution is -0.116. The van der Waals surface area contributed by atoms with Crippen molar-refractivity contribution >= 4 is 23.1 Å². The summed E-state index contributed by atoms with van der Waals surface area (Å²) in [7, 11) is 1.56. The summed E-state index contributed by atoms with van der Waals surface area (Å²) >= 11 is 1.25. The molecule has 3 aromatic rings. The van der Waals surface area contributed by atoms with Crippen LogP contribution in [0.4, 0.5) is 5.69 Å². The van der Waals surface area contributed by atoms with Gasteiger partial charge in [-0.1, -0.05) is 23.4 Å². The van der Waals surface area contributed by atoms with Crippen molar-refractivity contribution in [2.45, 2.75) is 18.8 Å². The molecule has 1 unspecified atom stereocenters. The SMILES string of the molecule is COc1cc(-c2noc(CC3CC(=O)Nc4ccccc43)n2)sn1. The van der Waals surface area contributed by atoms with Crippen LogP contribution in [0.15, 0.2) is 34.9 Å². The largest absolute Gasteiger partial charge is 0.480 e. The molecule has 24 heavy (non-hydrogen) atoms. The van der Waals surface area contributed by atoms with Gasteiger partial charge in [0.2, 0.25) is 23.5 Å². The van der Waals surface area contributed by atoms with Gasteiger partial charge in [-0.15, -0.1) is 0 Å². The molecule has 0 fully saturated rings. The highest BCUT2D eigenvalue weighted by molar-refractivity contribution is 7.09. The third-order valence-electron chi connectivity index (χ3n) is 3.91. The number of hydrogen-bond donors (Lipinski definition) is 1. The number of nitrogens with zero attached hydrogens (tertiary/aromatic N) is 3. The van der Waals surface area contributed by atoms with Crippen molar-refractivity contribution in [2.75, 3.05) is 12.4 Å². The van der Waals surface area contributed by atoms with Crippen LogP contribution in [0.1, 0.15) is 23.8 Å². The number of nitrogens with one attached hydrogen (secondary N) is 1. The van der Waals surface area contributed by atoms with Crippen molar-refractivity contribution < 1.29 is 14.1 Å². The number of hydrogen-bond acceptors (Lipinski definition) is 7. The summed E-state index contributed by atoms with van der Waals surface area (Å²) in [5, 5.41) is 6.89. The molecule has 4 rings (SSSR count). The Morgan fingerprint density at radius 3 is 3.12 bits per heavy atom. The Morgan fingerprint density at radius 2 is 2.29 bits per heavy atom. The number of anilines is 1. The second kappa shape index (κ2) is 6.04. The molecule has 0 spiro atoms. The minimum Gasteiger partial charge on any atom is -0.480 e. The van der Waals surface area contributed by atoms with E-state index in [9.17, 15) is 4.79 Å². The van der Waals surface area contributed by atoms with Gasteiger partial charge in [-0.25, -0.2) is 0 Å². The van der Waals surface area contributed by atoms with Crippen LogP contribution in [-0.2, 0) is 11.2 Å². The molecular weight excluding hydrogens is 328 g/mol. The number of fused-ring (bicyclic) bond motifs is 1. The first-order chi connectivity index (χ1) is 11.7. The molecule has 1 aliphatic heterocycles. The van der Waals surface area contributed by atoms with Crippen LogP contribution in [0, 0.1) is 0 Å². The first kappa shape index (κ1) is 14.8. The van der Waals surface area contributed by atoms with Gasteiger partial charge in [0.15, 0.2) is 0 Å². The van der Waals surface area contributed by atoms with E-state index < -0.39 is 0 Å². The topological polar surface area (TPSA) is 90.1 Å². The molecule has 8 heteroatoms. The summed E-state index contributed by atoms with van der Waals surface area (Å²) in [5.74, 6) is 1.55. The van der Waals surface area contributed by atoms with E-state index in [1.807, 2.05) is 24.3 Å². The normalized spacial score (nSPS) is 16.5. The number of methoxy groups -OCH3 is 1. The van der Waals surface area contributed by atoms with Crippen LogP contribution in [0.3, 0.4) is 0 Å². The number of aromatic nitrogens is 3. The summed E-state index contributed by atoms with van der Waals surface area (Å²) in [6.45, 7) is 0. The second-order valence-corrected chi connectivity index (χ2v) is 6.29. The van der Waals surface area contributed by atoms with E-state index in [4.69, 9.17) is 9.26 Å². The van der Waals surface area contributed by atoms with Crippen molar-refractivity contribution in [2.24, 2.45) is 0 Å². The molecule has 0 radical (unpaired) electrons. The molecule has 2 aromatic heterocycles. The number of amides is 1. The maximum absolute atomic E-state index is 11.9. The predicted molar refractivity (Wildman–Crippen MR) is 88.1 cm³/mol. The first-order valence-electron chi connectivity index (χ1n) is 7.45. The summed E-state index contributed by atoms with van der Waals surface area (Å²) < 4.78 is 14.5. The van der Waals surface area contributed by atoms with Crippen molar-refractivity contribution in [3.63, 3.8) is 0 Å².